The van der Waals surface area contributed by atoms with Crippen molar-refractivity contribution in [3.05, 3.63) is 71.3 Å². The van der Waals surface area contributed by atoms with E-state index in [1.807, 2.05) is 43.3 Å². The molecule has 0 saturated heterocycles. The molecular formula is C22H29NO3. The monoisotopic (exact) mass is 355 g/mol. The molecule has 0 bridgehead atoms. The fourth-order valence-corrected chi connectivity index (χ4v) is 2.67. The zero-order chi connectivity index (χ0) is 18.5. The van der Waals surface area contributed by atoms with Crippen LogP contribution < -0.4 is 5.32 Å². The third-order valence-electron chi connectivity index (χ3n) is 4.04. The highest BCUT2D eigenvalue weighted by Crippen LogP contribution is 2.08. The Bertz CT molecular complexity index is 643. The highest BCUT2D eigenvalue weighted by Gasteiger charge is 2.03. The number of hydrogen-bond acceptors (Lipinski definition) is 3. The zero-order valence-electron chi connectivity index (χ0n) is 15.6. The van der Waals surface area contributed by atoms with Gasteiger partial charge in [0, 0.05) is 19.6 Å². The lowest BCUT2D eigenvalue weighted by molar-refractivity contribution is -0.121. The maximum atomic E-state index is 12.0. The van der Waals surface area contributed by atoms with Crippen molar-refractivity contribution in [1.29, 1.82) is 0 Å². The Balaban J connectivity index is 1.64. The van der Waals surface area contributed by atoms with E-state index in [0.717, 1.165) is 24.0 Å². The van der Waals surface area contributed by atoms with Crippen LogP contribution in [0.15, 0.2) is 54.6 Å². The van der Waals surface area contributed by atoms with E-state index in [4.69, 9.17) is 9.47 Å². The molecule has 1 N–H and O–H groups in total. The first-order valence-corrected chi connectivity index (χ1v) is 9.32. The van der Waals surface area contributed by atoms with Crippen LogP contribution in [-0.4, -0.2) is 25.7 Å². The van der Waals surface area contributed by atoms with Crippen molar-refractivity contribution in [3.8, 4) is 0 Å². The third kappa shape index (κ3) is 8.28. The molecule has 140 valence electrons. The third-order valence-corrected chi connectivity index (χ3v) is 4.04. The fraction of sp³-hybridized carbons (Fsp3) is 0.409. The van der Waals surface area contributed by atoms with Gasteiger partial charge in [-0.15, -0.1) is 0 Å². The Hall–Kier alpha value is -2.17. The van der Waals surface area contributed by atoms with Gasteiger partial charge >= 0.3 is 0 Å². The summed E-state index contributed by atoms with van der Waals surface area (Å²) in [5.74, 6) is 0.0966. The number of carbonyl (C=O) groups is 1. The molecule has 1 amide bonds. The summed E-state index contributed by atoms with van der Waals surface area (Å²) in [6, 6.07) is 18.4. The molecule has 0 aromatic heterocycles. The van der Waals surface area contributed by atoms with Crippen LogP contribution in [0, 0.1) is 0 Å². The van der Waals surface area contributed by atoms with E-state index in [1.165, 1.54) is 5.56 Å². The summed E-state index contributed by atoms with van der Waals surface area (Å²) in [7, 11) is 0. The molecular weight excluding hydrogens is 326 g/mol. The molecule has 0 aliphatic rings. The topological polar surface area (TPSA) is 47.6 Å². The second kappa shape index (κ2) is 12.2. The average molecular weight is 355 g/mol. The lowest BCUT2D eigenvalue weighted by Gasteiger charge is -2.08. The second-order valence-electron chi connectivity index (χ2n) is 6.19. The van der Waals surface area contributed by atoms with E-state index in [1.54, 1.807) is 0 Å². The number of ether oxygens (including phenoxy) is 2. The van der Waals surface area contributed by atoms with Crippen molar-refractivity contribution in [2.75, 3.05) is 19.8 Å². The van der Waals surface area contributed by atoms with Gasteiger partial charge in [-0.3, -0.25) is 4.79 Å². The smallest absolute Gasteiger partial charge is 0.220 e. The molecule has 0 radical (unpaired) electrons. The minimum atomic E-state index is 0.0966. The Morgan fingerprint density at radius 2 is 1.65 bits per heavy atom. The van der Waals surface area contributed by atoms with Gasteiger partial charge in [0.15, 0.2) is 0 Å². The molecule has 26 heavy (non-hydrogen) atoms. The summed E-state index contributed by atoms with van der Waals surface area (Å²) < 4.78 is 10.8. The van der Waals surface area contributed by atoms with Crippen LogP contribution in [-0.2, 0) is 33.8 Å². The first kappa shape index (κ1) is 20.1. The van der Waals surface area contributed by atoms with E-state index in [9.17, 15) is 4.79 Å². The summed E-state index contributed by atoms with van der Waals surface area (Å²) in [4.78, 5) is 12.0. The number of carbonyl (C=O) groups excluding carboxylic acids is 1. The van der Waals surface area contributed by atoms with Crippen LogP contribution in [0.25, 0.3) is 0 Å². The first-order chi connectivity index (χ1) is 12.8. The van der Waals surface area contributed by atoms with Crippen molar-refractivity contribution in [3.63, 3.8) is 0 Å². The summed E-state index contributed by atoms with van der Waals surface area (Å²) in [6.07, 6.45) is 2.35. The van der Waals surface area contributed by atoms with Crippen molar-refractivity contribution < 1.29 is 14.3 Å². The van der Waals surface area contributed by atoms with Crippen LogP contribution in [0.3, 0.4) is 0 Å². The number of benzene rings is 2. The van der Waals surface area contributed by atoms with E-state index < -0.39 is 0 Å². The minimum Gasteiger partial charge on any atom is -0.379 e. The number of amides is 1. The molecule has 2 aromatic rings. The number of nitrogens with one attached hydrogen (secondary N) is 1. The Morgan fingerprint density at radius 3 is 2.46 bits per heavy atom. The Labute approximate surface area is 156 Å². The minimum absolute atomic E-state index is 0.0966. The quantitative estimate of drug-likeness (QED) is 0.588. The number of hydrogen-bond donors (Lipinski definition) is 1. The number of aryl methyl sites for hydroxylation is 1. The van der Waals surface area contributed by atoms with Gasteiger partial charge in [0.2, 0.25) is 5.91 Å². The maximum absolute atomic E-state index is 12.0. The van der Waals surface area contributed by atoms with Crippen molar-refractivity contribution in [2.45, 2.75) is 39.3 Å². The predicted molar refractivity (Wildman–Crippen MR) is 104 cm³/mol. The van der Waals surface area contributed by atoms with Crippen molar-refractivity contribution in [1.82, 2.24) is 5.32 Å². The van der Waals surface area contributed by atoms with Crippen LogP contribution in [0.2, 0.25) is 0 Å². The normalized spacial score (nSPS) is 10.7. The molecule has 0 aliphatic heterocycles. The summed E-state index contributed by atoms with van der Waals surface area (Å²) in [5.41, 5.74) is 3.47. The van der Waals surface area contributed by atoms with Crippen LogP contribution in [0.1, 0.15) is 36.5 Å². The zero-order valence-corrected chi connectivity index (χ0v) is 15.6. The van der Waals surface area contributed by atoms with Crippen LogP contribution in [0.4, 0.5) is 0 Å². The van der Waals surface area contributed by atoms with Crippen LogP contribution >= 0.6 is 0 Å². The summed E-state index contributed by atoms with van der Waals surface area (Å²) >= 11 is 0. The lowest BCUT2D eigenvalue weighted by Crippen LogP contribution is -2.22. The second-order valence-corrected chi connectivity index (χ2v) is 6.19. The highest BCUT2D eigenvalue weighted by molar-refractivity contribution is 5.75. The molecule has 0 unspecified atom stereocenters. The van der Waals surface area contributed by atoms with Crippen molar-refractivity contribution >= 4 is 5.91 Å². The maximum Gasteiger partial charge on any atom is 0.220 e. The van der Waals surface area contributed by atoms with Gasteiger partial charge < -0.3 is 14.8 Å². The first-order valence-electron chi connectivity index (χ1n) is 9.32. The van der Waals surface area contributed by atoms with E-state index in [-0.39, 0.29) is 5.91 Å². The summed E-state index contributed by atoms with van der Waals surface area (Å²) in [6.45, 7) is 5.01. The highest BCUT2D eigenvalue weighted by atomic mass is 16.5. The molecule has 0 spiro atoms. The molecule has 4 nitrogen and oxygen atoms in total. The van der Waals surface area contributed by atoms with Gasteiger partial charge in [-0.2, -0.15) is 0 Å². The predicted octanol–water partition coefficient (Wildman–Crippen LogP) is 3.88. The summed E-state index contributed by atoms with van der Waals surface area (Å²) in [5, 5.41) is 3.00. The Morgan fingerprint density at radius 1 is 0.923 bits per heavy atom. The molecule has 2 rings (SSSR count). The largest absolute Gasteiger partial charge is 0.379 e. The van der Waals surface area contributed by atoms with Gasteiger partial charge in [-0.05, 0) is 36.5 Å². The van der Waals surface area contributed by atoms with E-state index in [2.05, 4.69) is 23.5 Å². The standard InChI is InChI=1S/C22H29NO3/c1-2-25-14-15-26-18-21-12-6-11-20(16-21)17-23-22(24)13-7-10-19-8-4-3-5-9-19/h3-6,8-9,11-12,16H,2,7,10,13-15,17-18H2,1H3,(H,23,24). The average Bonchev–Trinajstić information content (AvgIpc) is 2.67. The SMILES string of the molecule is CCOCCOCc1cccc(CNC(=O)CCCc2ccccc2)c1. The van der Waals surface area contributed by atoms with E-state index >= 15 is 0 Å². The van der Waals surface area contributed by atoms with Crippen LogP contribution in [0.5, 0.6) is 0 Å². The molecule has 2 aromatic carbocycles. The van der Waals surface area contributed by atoms with E-state index in [0.29, 0.717) is 39.4 Å². The molecule has 0 aliphatic carbocycles. The Kier molecular flexibility index (Phi) is 9.47. The van der Waals surface area contributed by atoms with Gasteiger partial charge in [-0.25, -0.2) is 0 Å². The van der Waals surface area contributed by atoms with Gasteiger partial charge in [-0.1, -0.05) is 54.6 Å². The van der Waals surface area contributed by atoms with Gasteiger partial charge in [0.25, 0.3) is 0 Å². The van der Waals surface area contributed by atoms with Gasteiger partial charge in [0.05, 0.1) is 19.8 Å². The lowest BCUT2D eigenvalue weighted by atomic mass is 10.1. The molecule has 0 atom stereocenters. The fourth-order valence-electron chi connectivity index (χ4n) is 2.67. The van der Waals surface area contributed by atoms with Gasteiger partial charge in [0.1, 0.15) is 0 Å². The molecule has 0 heterocycles. The molecule has 0 fully saturated rings. The molecule has 4 heteroatoms. The molecule has 0 saturated carbocycles. The van der Waals surface area contributed by atoms with Crippen molar-refractivity contribution in [2.24, 2.45) is 0 Å². The number of rotatable bonds is 12.